The zero-order valence-electron chi connectivity index (χ0n) is 8.44. The Morgan fingerprint density at radius 1 is 1.00 bits per heavy atom. The summed E-state index contributed by atoms with van der Waals surface area (Å²) < 4.78 is 2.24. The summed E-state index contributed by atoms with van der Waals surface area (Å²) in [6, 6.07) is 0. The van der Waals surface area contributed by atoms with Gasteiger partial charge in [0.25, 0.3) is 5.56 Å². The second-order valence-electron chi connectivity index (χ2n) is 2.84. The molecule has 0 bridgehead atoms. The molecule has 0 aromatic carbocycles. The molecule has 9 heteroatoms. The standard InChI is InChI=1S/C7H8N4O3S2/c1-15-10-4-3(8-6(13)9-4)5(12)11(16-2)7(10)14/h1-2H3,(H2,8,9,13). The van der Waals surface area contributed by atoms with Crippen LogP contribution in [-0.4, -0.2) is 30.4 Å². The predicted octanol–water partition coefficient (Wildman–Crippen LogP) is -0.568. The molecule has 2 rings (SSSR count). The van der Waals surface area contributed by atoms with Gasteiger partial charge in [0.2, 0.25) is 0 Å². The molecule has 0 radical (unpaired) electrons. The molecule has 2 heterocycles. The van der Waals surface area contributed by atoms with E-state index in [1.165, 1.54) is 3.97 Å². The first-order valence-electron chi connectivity index (χ1n) is 4.19. The lowest BCUT2D eigenvalue weighted by molar-refractivity contribution is 0.975. The van der Waals surface area contributed by atoms with Gasteiger partial charge in [0.1, 0.15) is 0 Å². The van der Waals surface area contributed by atoms with Crippen LogP contribution in [0.25, 0.3) is 11.2 Å². The molecule has 0 fully saturated rings. The molecule has 0 aliphatic rings. The molecule has 0 aliphatic heterocycles. The Morgan fingerprint density at radius 3 is 2.19 bits per heavy atom. The molecule has 0 amide bonds. The number of nitrogens with zero attached hydrogens (tertiary/aromatic N) is 2. The van der Waals surface area contributed by atoms with Crippen LogP contribution >= 0.6 is 23.9 Å². The lowest BCUT2D eigenvalue weighted by Gasteiger charge is -2.05. The SMILES string of the molecule is CSn1c(=O)c2[nH]c(=O)[nH]c2n(SC)c1=O. The molecule has 0 aliphatic carbocycles. The molecule has 2 aromatic heterocycles. The van der Waals surface area contributed by atoms with Crippen LogP contribution in [-0.2, 0) is 0 Å². The summed E-state index contributed by atoms with van der Waals surface area (Å²) in [4.78, 5) is 39.5. The predicted molar refractivity (Wildman–Crippen MR) is 65.3 cm³/mol. The average Bonchev–Trinajstić information content (AvgIpc) is 2.62. The van der Waals surface area contributed by atoms with E-state index in [1.807, 2.05) is 0 Å². The van der Waals surface area contributed by atoms with Crippen LogP contribution in [0.15, 0.2) is 14.4 Å². The van der Waals surface area contributed by atoms with Gasteiger partial charge in [-0.05, 0) is 23.9 Å². The molecule has 16 heavy (non-hydrogen) atoms. The van der Waals surface area contributed by atoms with Crippen LogP contribution in [0.4, 0.5) is 0 Å². The van der Waals surface area contributed by atoms with E-state index < -0.39 is 16.9 Å². The summed E-state index contributed by atoms with van der Waals surface area (Å²) in [5, 5.41) is 0. The lowest BCUT2D eigenvalue weighted by atomic mass is 10.5. The third-order valence-electron chi connectivity index (χ3n) is 2.02. The summed E-state index contributed by atoms with van der Waals surface area (Å²) in [5.74, 6) is 0. The maximum absolute atomic E-state index is 11.8. The second-order valence-corrected chi connectivity index (χ2v) is 4.30. The highest BCUT2D eigenvalue weighted by Crippen LogP contribution is 2.06. The fraction of sp³-hybridized carbons (Fsp3) is 0.286. The van der Waals surface area contributed by atoms with E-state index in [0.29, 0.717) is 0 Å². The van der Waals surface area contributed by atoms with Crippen LogP contribution < -0.4 is 16.9 Å². The third-order valence-corrected chi connectivity index (χ3v) is 3.41. The Kier molecular flexibility index (Phi) is 2.72. The van der Waals surface area contributed by atoms with E-state index >= 15 is 0 Å². The highest BCUT2D eigenvalue weighted by atomic mass is 32.2. The largest absolute Gasteiger partial charge is 0.353 e. The van der Waals surface area contributed by atoms with E-state index in [-0.39, 0.29) is 11.2 Å². The first-order valence-corrected chi connectivity index (χ1v) is 6.55. The molecule has 7 nitrogen and oxygen atoms in total. The summed E-state index contributed by atoms with van der Waals surface area (Å²) in [5.41, 5.74) is -1.19. The van der Waals surface area contributed by atoms with Crippen molar-refractivity contribution in [3.8, 4) is 0 Å². The van der Waals surface area contributed by atoms with Crippen molar-refractivity contribution in [2.24, 2.45) is 0 Å². The van der Waals surface area contributed by atoms with Crippen molar-refractivity contribution in [2.75, 3.05) is 12.5 Å². The third kappa shape index (κ3) is 1.43. The first kappa shape index (κ1) is 11.1. The van der Waals surface area contributed by atoms with Crippen molar-refractivity contribution < 1.29 is 0 Å². The smallest absolute Gasteiger partial charge is 0.300 e. The maximum atomic E-state index is 11.8. The summed E-state index contributed by atoms with van der Waals surface area (Å²) in [6.45, 7) is 0. The van der Waals surface area contributed by atoms with Gasteiger partial charge < -0.3 is 0 Å². The van der Waals surface area contributed by atoms with Gasteiger partial charge in [0.05, 0.1) is 0 Å². The minimum atomic E-state index is -0.517. The van der Waals surface area contributed by atoms with Gasteiger partial charge in [-0.25, -0.2) is 13.6 Å². The minimum absolute atomic E-state index is 0.105. The van der Waals surface area contributed by atoms with Crippen LogP contribution in [0.3, 0.4) is 0 Å². The van der Waals surface area contributed by atoms with Crippen molar-refractivity contribution >= 4 is 35.1 Å². The van der Waals surface area contributed by atoms with Crippen LogP contribution in [0, 0.1) is 0 Å². The Morgan fingerprint density at radius 2 is 1.62 bits per heavy atom. The van der Waals surface area contributed by atoms with E-state index in [1.54, 1.807) is 12.5 Å². The molecule has 0 spiro atoms. The van der Waals surface area contributed by atoms with Crippen LogP contribution in [0.2, 0.25) is 0 Å². The fourth-order valence-corrected chi connectivity index (χ4v) is 2.48. The number of aromatic amines is 2. The zero-order chi connectivity index (χ0) is 11.9. The van der Waals surface area contributed by atoms with Crippen LogP contribution in [0.1, 0.15) is 0 Å². The Hall–Kier alpha value is -1.35. The molecule has 2 N–H and O–H groups in total. The second kappa shape index (κ2) is 3.91. The lowest BCUT2D eigenvalue weighted by Crippen LogP contribution is -2.34. The number of hydrogen-bond acceptors (Lipinski definition) is 5. The van der Waals surface area contributed by atoms with E-state index in [9.17, 15) is 14.4 Å². The molecule has 86 valence electrons. The van der Waals surface area contributed by atoms with Crippen molar-refractivity contribution in [1.82, 2.24) is 17.9 Å². The molecule has 0 saturated carbocycles. The van der Waals surface area contributed by atoms with Crippen molar-refractivity contribution in [2.45, 2.75) is 0 Å². The molecular formula is C7H8N4O3S2. The number of rotatable bonds is 2. The minimum Gasteiger partial charge on any atom is -0.300 e. The summed E-state index contributed by atoms with van der Waals surface area (Å²) in [7, 11) is 0. The number of fused-ring (bicyclic) bond motifs is 1. The highest BCUT2D eigenvalue weighted by molar-refractivity contribution is 7.97. The Balaban J connectivity index is 3.11. The fourth-order valence-electron chi connectivity index (χ4n) is 1.38. The number of aromatic nitrogens is 4. The van der Waals surface area contributed by atoms with E-state index in [0.717, 1.165) is 27.9 Å². The van der Waals surface area contributed by atoms with Gasteiger partial charge in [0, 0.05) is 12.5 Å². The molecule has 2 aromatic rings. The van der Waals surface area contributed by atoms with Crippen molar-refractivity contribution in [3.63, 3.8) is 0 Å². The number of imidazole rings is 1. The molecular weight excluding hydrogens is 252 g/mol. The van der Waals surface area contributed by atoms with Crippen molar-refractivity contribution in [1.29, 1.82) is 0 Å². The van der Waals surface area contributed by atoms with E-state index in [2.05, 4.69) is 9.97 Å². The quantitative estimate of drug-likeness (QED) is 0.754. The average molecular weight is 260 g/mol. The number of hydrogen-bond donors (Lipinski definition) is 2. The number of nitrogens with one attached hydrogen (secondary N) is 2. The molecule has 0 unspecified atom stereocenters. The van der Waals surface area contributed by atoms with E-state index in [4.69, 9.17) is 0 Å². The number of H-pyrrole nitrogens is 2. The van der Waals surface area contributed by atoms with Crippen molar-refractivity contribution in [3.05, 3.63) is 31.3 Å². The van der Waals surface area contributed by atoms with Gasteiger partial charge in [-0.3, -0.25) is 14.8 Å². The normalized spacial score (nSPS) is 11.1. The van der Waals surface area contributed by atoms with Gasteiger partial charge >= 0.3 is 11.4 Å². The Labute approximate surface area is 97.1 Å². The topological polar surface area (TPSA) is 92.7 Å². The molecule has 0 atom stereocenters. The van der Waals surface area contributed by atoms with Gasteiger partial charge in [-0.1, -0.05) is 0 Å². The summed E-state index contributed by atoms with van der Waals surface area (Å²) in [6.07, 6.45) is 3.30. The van der Waals surface area contributed by atoms with Crippen LogP contribution in [0.5, 0.6) is 0 Å². The monoisotopic (exact) mass is 260 g/mol. The Bertz CT molecular complexity index is 707. The van der Waals surface area contributed by atoms with Gasteiger partial charge in [0.15, 0.2) is 11.2 Å². The highest BCUT2D eigenvalue weighted by Gasteiger charge is 2.14. The first-order chi connectivity index (χ1) is 7.60. The molecule has 0 saturated heterocycles. The maximum Gasteiger partial charge on any atom is 0.353 e. The summed E-state index contributed by atoms with van der Waals surface area (Å²) >= 11 is 2.11. The zero-order valence-corrected chi connectivity index (χ0v) is 10.1. The van der Waals surface area contributed by atoms with Gasteiger partial charge in [-0.2, -0.15) is 3.97 Å². The van der Waals surface area contributed by atoms with Gasteiger partial charge in [-0.15, -0.1) is 0 Å².